The van der Waals surface area contributed by atoms with E-state index in [9.17, 15) is 14.7 Å². The zero-order valence-electron chi connectivity index (χ0n) is 14.7. The molecule has 0 spiro atoms. The number of carbonyl (C=O) groups is 2. The number of carbonyl (C=O) groups excluding carboxylic acids is 2. The first-order valence-corrected chi connectivity index (χ1v) is 8.64. The van der Waals surface area contributed by atoms with Gasteiger partial charge in [0.25, 0.3) is 0 Å². The fourth-order valence-electron chi connectivity index (χ4n) is 2.73. The van der Waals surface area contributed by atoms with Crippen molar-refractivity contribution in [3.05, 3.63) is 12.2 Å². The highest BCUT2D eigenvalue weighted by Gasteiger charge is 2.67. The van der Waals surface area contributed by atoms with Gasteiger partial charge in [-0.1, -0.05) is 38.8 Å². The minimum absolute atomic E-state index is 0.157. The Labute approximate surface area is 139 Å². The molecule has 1 rings (SSSR count). The van der Waals surface area contributed by atoms with E-state index in [0.717, 1.165) is 19.3 Å². The smallest absolute Gasteiger partial charge is 0.324 e. The number of hydrogen-bond donors (Lipinski definition) is 1. The molecule has 0 amide bonds. The lowest BCUT2D eigenvalue weighted by molar-refractivity contribution is -0.164. The molecule has 1 aliphatic carbocycles. The van der Waals surface area contributed by atoms with Gasteiger partial charge < -0.3 is 14.6 Å². The van der Waals surface area contributed by atoms with Crippen LogP contribution in [0.3, 0.4) is 0 Å². The van der Waals surface area contributed by atoms with Crippen LogP contribution >= 0.6 is 0 Å². The van der Waals surface area contributed by atoms with Gasteiger partial charge in [-0.25, -0.2) is 0 Å². The van der Waals surface area contributed by atoms with Crippen LogP contribution in [-0.2, 0) is 19.1 Å². The van der Waals surface area contributed by atoms with Crippen molar-refractivity contribution in [1.82, 2.24) is 0 Å². The van der Waals surface area contributed by atoms with Gasteiger partial charge in [0.1, 0.15) is 0 Å². The van der Waals surface area contributed by atoms with E-state index >= 15 is 0 Å². The first-order chi connectivity index (χ1) is 10.9. The lowest BCUT2D eigenvalue weighted by Crippen LogP contribution is -2.31. The number of aliphatic hydroxyl groups is 1. The molecule has 1 fully saturated rings. The van der Waals surface area contributed by atoms with Crippen LogP contribution in [0.5, 0.6) is 0 Å². The highest BCUT2D eigenvalue weighted by Crippen LogP contribution is 2.55. The molecule has 5 heteroatoms. The molecule has 5 nitrogen and oxygen atoms in total. The second kappa shape index (κ2) is 9.06. The van der Waals surface area contributed by atoms with Crippen molar-refractivity contribution in [1.29, 1.82) is 0 Å². The van der Waals surface area contributed by atoms with E-state index in [4.69, 9.17) is 9.47 Å². The highest BCUT2D eigenvalue weighted by molar-refractivity contribution is 6.04. The van der Waals surface area contributed by atoms with Gasteiger partial charge in [-0.15, -0.1) is 0 Å². The Kier molecular flexibility index (Phi) is 7.76. The van der Waals surface area contributed by atoms with Crippen molar-refractivity contribution in [2.75, 3.05) is 13.2 Å². The second-order valence-corrected chi connectivity index (χ2v) is 6.22. The first-order valence-electron chi connectivity index (χ1n) is 8.64. The van der Waals surface area contributed by atoms with Crippen LogP contribution < -0.4 is 0 Å². The van der Waals surface area contributed by atoms with Gasteiger partial charge in [0, 0.05) is 5.92 Å². The third-order valence-corrected chi connectivity index (χ3v) is 4.43. The largest absolute Gasteiger partial charge is 0.465 e. The van der Waals surface area contributed by atoms with Gasteiger partial charge in [-0.3, -0.25) is 9.59 Å². The molecule has 1 N–H and O–H groups in total. The van der Waals surface area contributed by atoms with Crippen LogP contribution in [0.25, 0.3) is 0 Å². The number of rotatable bonds is 10. The average Bonchev–Trinajstić information content (AvgIpc) is 3.26. The SMILES string of the molecule is CCCCC(C)C(O)/C=C/C1CC1(C(=O)OCC)C(=O)OCC. The van der Waals surface area contributed by atoms with E-state index in [1.807, 2.05) is 6.92 Å². The van der Waals surface area contributed by atoms with Gasteiger partial charge in [0.15, 0.2) is 5.41 Å². The Bertz CT molecular complexity index is 411. The fourth-order valence-corrected chi connectivity index (χ4v) is 2.73. The van der Waals surface area contributed by atoms with E-state index in [1.165, 1.54) is 0 Å². The van der Waals surface area contributed by atoms with Crippen molar-refractivity contribution in [3.63, 3.8) is 0 Å². The predicted molar refractivity (Wildman–Crippen MR) is 87.6 cm³/mol. The maximum Gasteiger partial charge on any atom is 0.324 e. The minimum atomic E-state index is -1.21. The minimum Gasteiger partial charge on any atom is -0.465 e. The van der Waals surface area contributed by atoms with E-state index < -0.39 is 23.5 Å². The Balaban J connectivity index is 2.71. The van der Waals surface area contributed by atoms with Crippen molar-refractivity contribution in [2.45, 2.75) is 59.5 Å². The molecule has 0 radical (unpaired) electrons. The third-order valence-electron chi connectivity index (χ3n) is 4.43. The van der Waals surface area contributed by atoms with Gasteiger partial charge in [0.2, 0.25) is 0 Å². The van der Waals surface area contributed by atoms with Crippen molar-refractivity contribution in [3.8, 4) is 0 Å². The van der Waals surface area contributed by atoms with E-state index in [-0.39, 0.29) is 25.0 Å². The lowest BCUT2D eigenvalue weighted by atomic mass is 9.97. The van der Waals surface area contributed by atoms with Crippen molar-refractivity contribution >= 4 is 11.9 Å². The zero-order chi connectivity index (χ0) is 17.5. The molecule has 0 saturated heterocycles. The molecule has 1 saturated carbocycles. The molecule has 3 atom stereocenters. The monoisotopic (exact) mass is 326 g/mol. The van der Waals surface area contributed by atoms with Gasteiger partial charge in [-0.2, -0.15) is 0 Å². The topological polar surface area (TPSA) is 72.8 Å². The molecule has 0 bridgehead atoms. The number of hydrogen-bond acceptors (Lipinski definition) is 5. The summed E-state index contributed by atoms with van der Waals surface area (Å²) >= 11 is 0. The summed E-state index contributed by atoms with van der Waals surface area (Å²) < 4.78 is 10.1. The molecule has 0 aromatic carbocycles. The summed E-state index contributed by atoms with van der Waals surface area (Å²) in [5, 5.41) is 10.2. The first kappa shape index (κ1) is 19.7. The average molecular weight is 326 g/mol. The van der Waals surface area contributed by atoms with Crippen LogP contribution in [-0.4, -0.2) is 36.4 Å². The predicted octanol–water partition coefficient (Wildman–Crippen LogP) is 2.86. The van der Waals surface area contributed by atoms with Crippen LogP contribution in [0, 0.1) is 17.3 Å². The van der Waals surface area contributed by atoms with E-state index in [0.29, 0.717) is 6.42 Å². The van der Waals surface area contributed by atoms with Crippen LogP contribution in [0.4, 0.5) is 0 Å². The van der Waals surface area contributed by atoms with Gasteiger partial charge >= 0.3 is 11.9 Å². The Morgan fingerprint density at radius 1 is 1.22 bits per heavy atom. The molecule has 1 aliphatic rings. The van der Waals surface area contributed by atoms with Crippen LogP contribution in [0.15, 0.2) is 12.2 Å². The number of allylic oxidation sites excluding steroid dienone is 1. The van der Waals surface area contributed by atoms with E-state index in [2.05, 4.69) is 6.92 Å². The van der Waals surface area contributed by atoms with Crippen molar-refractivity contribution < 1.29 is 24.2 Å². The Hall–Kier alpha value is -1.36. The number of aliphatic hydroxyl groups excluding tert-OH is 1. The summed E-state index contributed by atoms with van der Waals surface area (Å²) in [6, 6.07) is 0. The van der Waals surface area contributed by atoms with E-state index in [1.54, 1.807) is 26.0 Å². The van der Waals surface area contributed by atoms with Crippen LogP contribution in [0.1, 0.15) is 53.4 Å². The second-order valence-electron chi connectivity index (χ2n) is 6.22. The zero-order valence-corrected chi connectivity index (χ0v) is 14.7. The van der Waals surface area contributed by atoms with Crippen molar-refractivity contribution in [2.24, 2.45) is 17.3 Å². The number of unbranched alkanes of at least 4 members (excludes halogenated alkanes) is 1. The van der Waals surface area contributed by atoms with Gasteiger partial charge in [0.05, 0.1) is 19.3 Å². The van der Waals surface area contributed by atoms with Gasteiger partial charge in [-0.05, 0) is 32.6 Å². The summed E-state index contributed by atoms with van der Waals surface area (Å²) in [5.74, 6) is -1.15. The molecular formula is C18H30O5. The normalized spacial score (nSPS) is 21.7. The third kappa shape index (κ3) is 4.80. The summed E-state index contributed by atoms with van der Waals surface area (Å²) in [6.07, 6.45) is 6.41. The summed E-state index contributed by atoms with van der Waals surface area (Å²) in [7, 11) is 0. The molecule has 0 heterocycles. The molecule has 23 heavy (non-hydrogen) atoms. The molecule has 3 unspecified atom stereocenters. The molecule has 0 aromatic rings. The maximum atomic E-state index is 12.2. The highest BCUT2D eigenvalue weighted by atomic mass is 16.6. The van der Waals surface area contributed by atoms with Crippen LogP contribution in [0.2, 0.25) is 0 Å². The lowest BCUT2D eigenvalue weighted by Gasteiger charge is -2.16. The molecule has 0 aromatic heterocycles. The molecular weight excluding hydrogens is 296 g/mol. The quantitative estimate of drug-likeness (QED) is 0.380. The number of ether oxygens (including phenoxy) is 2. The summed E-state index contributed by atoms with van der Waals surface area (Å²) in [4.78, 5) is 24.3. The molecule has 0 aliphatic heterocycles. The Morgan fingerprint density at radius 2 is 1.78 bits per heavy atom. The fraction of sp³-hybridized carbons (Fsp3) is 0.778. The summed E-state index contributed by atoms with van der Waals surface area (Å²) in [6.45, 7) is 8.00. The maximum absolute atomic E-state index is 12.2. The summed E-state index contributed by atoms with van der Waals surface area (Å²) in [5.41, 5.74) is -1.21. The standard InChI is InChI=1S/C18H30O5/c1-5-8-9-13(4)15(19)11-10-14-12-18(14,16(20)22-6-2)17(21)23-7-3/h10-11,13-15,19H,5-9,12H2,1-4H3/b11-10+. The Morgan fingerprint density at radius 3 is 2.26 bits per heavy atom. The number of esters is 2. The molecule has 132 valence electrons.